The van der Waals surface area contributed by atoms with E-state index >= 15 is 0 Å². The maximum absolute atomic E-state index is 12.8. The Hall–Kier alpha value is -2.94. The molecule has 0 bridgehead atoms. The van der Waals surface area contributed by atoms with Crippen molar-refractivity contribution in [2.45, 2.75) is 19.3 Å². The van der Waals surface area contributed by atoms with E-state index < -0.39 is 17.2 Å². The summed E-state index contributed by atoms with van der Waals surface area (Å²) in [6.45, 7) is 2.87. The van der Waals surface area contributed by atoms with E-state index in [-0.39, 0.29) is 23.0 Å². The zero-order chi connectivity index (χ0) is 16.1. The highest BCUT2D eigenvalue weighted by atomic mass is 16.5. The van der Waals surface area contributed by atoms with E-state index in [1.165, 1.54) is 13.8 Å². The van der Waals surface area contributed by atoms with Crippen molar-refractivity contribution in [1.29, 1.82) is 10.7 Å². The molecule has 110 valence electrons. The third-order valence-corrected chi connectivity index (χ3v) is 4.14. The number of fused-ring (bicyclic) bond motifs is 2. The molecule has 2 heterocycles. The number of para-hydroxylation sites is 1. The van der Waals surface area contributed by atoms with Crippen molar-refractivity contribution < 1.29 is 14.3 Å². The van der Waals surface area contributed by atoms with E-state index in [2.05, 4.69) is 5.32 Å². The van der Waals surface area contributed by atoms with Crippen LogP contribution in [0.25, 0.3) is 0 Å². The highest BCUT2D eigenvalue weighted by Crippen LogP contribution is 2.51. The number of anilines is 1. The van der Waals surface area contributed by atoms with Gasteiger partial charge in [0.15, 0.2) is 5.78 Å². The largest absolute Gasteiger partial charge is 0.446 e. The Morgan fingerprint density at radius 1 is 1.45 bits per heavy atom. The molecule has 1 amide bonds. The van der Waals surface area contributed by atoms with Gasteiger partial charge in [0, 0.05) is 5.69 Å². The first-order valence-corrected chi connectivity index (χ1v) is 6.73. The van der Waals surface area contributed by atoms with E-state index in [1.54, 1.807) is 24.3 Å². The topological polar surface area (TPSA) is 103 Å². The number of nitrogens with one attached hydrogen (secondary N) is 2. The molecule has 2 atom stereocenters. The Balaban J connectivity index is 2.44. The third-order valence-electron chi connectivity index (χ3n) is 4.14. The Morgan fingerprint density at radius 3 is 2.77 bits per heavy atom. The SMILES string of the molecule is CC(=O)C1=C(C)OC(=N)C(C#N)C12C(=O)Nc1ccccc12. The summed E-state index contributed by atoms with van der Waals surface area (Å²) in [5.74, 6) is -2.14. The highest BCUT2D eigenvalue weighted by Gasteiger charge is 2.61. The third kappa shape index (κ3) is 1.51. The van der Waals surface area contributed by atoms with Crippen LogP contribution >= 0.6 is 0 Å². The molecular weight excluding hydrogens is 282 g/mol. The summed E-state index contributed by atoms with van der Waals surface area (Å²) < 4.78 is 5.25. The van der Waals surface area contributed by atoms with Crippen molar-refractivity contribution in [3.8, 4) is 6.07 Å². The standard InChI is InChI=1S/C16H13N3O3/c1-8(20)13-9(2)22-14(18)11(7-17)16(13)10-5-3-4-6-12(10)19-15(16)21/h3-6,11,18H,1-2H3,(H,19,21). The minimum atomic E-state index is -1.52. The number of ketones is 1. The minimum absolute atomic E-state index is 0.137. The summed E-state index contributed by atoms with van der Waals surface area (Å²) in [5, 5.41) is 20.2. The molecule has 0 aliphatic carbocycles. The molecule has 2 N–H and O–H groups in total. The molecule has 0 saturated heterocycles. The summed E-state index contributed by atoms with van der Waals surface area (Å²) >= 11 is 0. The van der Waals surface area contributed by atoms with E-state index in [0.29, 0.717) is 11.3 Å². The number of allylic oxidation sites excluding steroid dienone is 1. The minimum Gasteiger partial charge on any atom is -0.446 e. The van der Waals surface area contributed by atoms with E-state index in [9.17, 15) is 14.9 Å². The van der Waals surface area contributed by atoms with Crippen LogP contribution in [-0.4, -0.2) is 17.6 Å². The quantitative estimate of drug-likeness (QED) is 0.825. The summed E-state index contributed by atoms with van der Waals surface area (Å²) in [5.41, 5.74) is -0.299. The van der Waals surface area contributed by atoms with Crippen LogP contribution in [0.3, 0.4) is 0 Å². The molecule has 2 unspecified atom stereocenters. The molecule has 2 aliphatic heterocycles. The fraction of sp³-hybridized carbons (Fsp3) is 0.250. The van der Waals surface area contributed by atoms with Crippen LogP contribution in [0.4, 0.5) is 5.69 Å². The highest BCUT2D eigenvalue weighted by molar-refractivity contribution is 6.18. The molecule has 0 aromatic heterocycles. The predicted molar refractivity (Wildman–Crippen MR) is 78.0 cm³/mol. The molecule has 6 nitrogen and oxygen atoms in total. The van der Waals surface area contributed by atoms with Crippen molar-refractivity contribution >= 4 is 23.3 Å². The molecule has 6 heteroatoms. The molecule has 22 heavy (non-hydrogen) atoms. The number of rotatable bonds is 1. The summed E-state index contributed by atoms with van der Waals surface area (Å²) in [6.07, 6.45) is 0. The second kappa shape index (κ2) is 4.53. The normalized spacial score (nSPS) is 26.3. The molecule has 0 fully saturated rings. The van der Waals surface area contributed by atoms with Crippen LogP contribution in [0.5, 0.6) is 0 Å². The van der Waals surface area contributed by atoms with Crippen LogP contribution in [0.2, 0.25) is 0 Å². The maximum atomic E-state index is 12.8. The first-order valence-electron chi connectivity index (χ1n) is 6.73. The first-order chi connectivity index (χ1) is 10.4. The molecular formula is C16H13N3O3. The van der Waals surface area contributed by atoms with Gasteiger partial charge in [-0.1, -0.05) is 18.2 Å². The van der Waals surface area contributed by atoms with Crippen molar-refractivity contribution in [3.63, 3.8) is 0 Å². The molecule has 1 aromatic carbocycles. The van der Waals surface area contributed by atoms with E-state index in [4.69, 9.17) is 10.1 Å². The molecule has 0 radical (unpaired) electrons. The van der Waals surface area contributed by atoms with Crippen LogP contribution in [0.1, 0.15) is 19.4 Å². The lowest BCUT2D eigenvalue weighted by molar-refractivity contribution is -0.123. The van der Waals surface area contributed by atoms with Gasteiger partial charge in [0.2, 0.25) is 11.8 Å². The fourth-order valence-corrected chi connectivity index (χ4v) is 3.39. The zero-order valence-electron chi connectivity index (χ0n) is 12.1. The van der Waals surface area contributed by atoms with Crippen molar-refractivity contribution in [1.82, 2.24) is 0 Å². The van der Waals surface area contributed by atoms with Gasteiger partial charge < -0.3 is 10.1 Å². The van der Waals surface area contributed by atoms with Gasteiger partial charge >= 0.3 is 0 Å². The molecule has 3 rings (SSSR count). The molecule has 1 aromatic rings. The summed E-state index contributed by atoms with van der Waals surface area (Å²) in [7, 11) is 0. The average Bonchev–Trinajstić information content (AvgIpc) is 2.72. The number of hydrogen-bond donors (Lipinski definition) is 2. The first kappa shape index (κ1) is 14.0. The van der Waals surface area contributed by atoms with Gasteiger partial charge in [-0.2, -0.15) is 5.26 Å². The van der Waals surface area contributed by atoms with Gasteiger partial charge in [-0.05, 0) is 25.5 Å². The predicted octanol–water partition coefficient (Wildman–Crippen LogP) is 1.89. The maximum Gasteiger partial charge on any atom is 0.241 e. The molecule has 2 aliphatic rings. The van der Waals surface area contributed by atoms with Crippen molar-refractivity contribution in [2.24, 2.45) is 5.92 Å². The number of carbonyl (C=O) groups excluding carboxylic acids is 2. The van der Waals surface area contributed by atoms with Gasteiger partial charge in [-0.15, -0.1) is 0 Å². The lowest BCUT2D eigenvalue weighted by atomic mass is 9.63. The zero-order valence-corrected chi connectivity index (χ0v) is 12.1. The molecule has 0 saturated carbocycles. The number of benzene rings is 1. The lowest BCUT2D eigenvalue weighted by Gasteiger charge is -2.37. The van der Waals surface area contributed by atoms with E-state index in [1.807, 2.05) is 6.07 Å². The number of amides is 1. The van der Waals surface area contributed by atoms with Crippen LogP contribution in [0, 0.1) is 22.7 Å². The Kier molecular flexibility index (Phi) is 2.89. The van der Waals surface area contributed by atoms with Gasteiger partial charge in [-0.3, -0.25) is 15.0 Å². The average molecular weight is 295 g/mol. The van der Waals surface area contributed by atoms with E-state index in [0.717, 1.165) is 0 Å². The van der Waals surface area contributed by atoms with Gasteiger partial charge in [0.1, 0.15) is 17.1 Å². The number of Topliss-reactive ketones (excluding diaryl/α,β-unsaturated/α-hetero) is 1. The summed E-state index contributed by atoms with van der Waals surface area (Å²) in [6, 6.07) is 8.87. The number of carbonyl (C=O) groups is 2. The number of nitrogens with zero attached hydrogens (tertiary/aromatic N) is 1. The number of hydrogen-bond acceptors (Lipinski definition) is 5. The van der Waals surface area contributed by atoms with Gasteiger partial charge in [0.05, 0.1) is 11.6 Å². The lowest BCUT2D eigenvalue weighted by Crippen LogP contribution is -2.51. The Bertz CT molecular complexity index is 803. The van der Waals surface area contributed by atoms with Crippen LogP contribution in [-0.2, 0) is 19.7 Å². The number of ether oxygens (including phenoxy) is 1. The Labute approximate surface area is 126 Å². The number of nitriles is 1. The second-order valence-corrected chi connectivity index (χ2v) is 5.32. The Morgan fingerprint density at radius 2 is 2.14 bits per heavy atom. The van der Waals surface area contributed by atoms with Crippen LogP contribution in [0.15, 0.2) is 35.6 Å². The second-order valence-electron chi connectivity index (χ2n) is 5.32. The van der Waals surface area contributed by atoms with Gasteiger partial charge in [-0.25, -0.2) is 0 Å². The van der Waals surface area contributed by atoms with Crippen molar-refractivity contribution in [2.75, 3.05) is 5.32 Å². The summed E-state index contributed by atoms with van der Waals surface area (Å²) in [4.78, 5) is 25.0. The van der Waals surface area contributed by atoms with Crippen molar-refractivity contribution in [3.05, 3.63) is 41.2 Å². The molecule has 1 spiro atoms. The monoisotopic (exact) mass is 295 g/mol. The van der Waals surface area contributed by atoms with Crippen LogP contribution < -0.4 is 5.32 Å². The fourth-order valence-electron chi connectivity index (χ4n) is 3.39. The smallest absolute Gasteiger partial charge is 0.241 e. The van der Waals surface area contributed by atoms with Gasteiger partial charge in [0.25, 0.3) is 0 Å².